The third kappa shape index (κ3) is 4.54. The monoisotopic (exact) mass is 402 g/mol. The molecule has 152 valence electrons. The summed E-state index contributed by atoms with van der Waals surface area (Å²) in [5, 5.41) is 14.1. The minimum Gasteiger partial charge on any atom is -0.356 e. The van der Waals surface area contributed by atoms with Gasteiger partial charge in [-0.2, -0.15) is 4.98 Å². The summed E-state index contributed by atoms with van der Waals surface area (Å²) >= 11 is 0. The molecular formula is C22H22N6O2. The molecule has 8 nitrogen and oxygen atoms in total. The number of nitrogens with zero attached hydrogens (tertiary/aromatic N) is 3. The van der Waals surface area contributed by atoms with E-state index in [-0.39, 0.29) is 12.3 Å². The summed E-state index contributed by atoms with van der Waals surface area (Å²) in [6.45, 7) is 4.67. The number of hydrogen-bond donors (Lipinski definition) is 3. The van der Waals surface area contributed by atoms with Crippen LogP contribution < -0.4 is 16.0 Å². The Morgan fingerprint density at radius 2 is 1.80 bits per heavy atom. The van der Waals surface area contributed by atoms with E-state index in [1.165, 1.54) is 0 Å². The first kappa shape index (κ1) is 19.4. The van der Waals surface area contributed by atoms with E-state index in [2.05, 4.69) is 31.1 Å². The van der Waals surface area contributed by atoms with Crippen molar-refractivity contribution in [1.29, 1.82) is 0 Å². The first-order valence-electron chi connectivity index (χ1n) is 9.70. The highest BCUT2D eigenvalue weighted by Gasteiger charge is 2.12. The third-order valence-corrected chi connectivity index (χ3v) is 4.41. The summed E-state index contributed by atoms with van der Waals surface area (Å²) in [5.74, 6) is 1.13. The lowest BCUT2D eigenvalue weighted by atomic mass is 10.1. The molecule has 2 aromatic carbocycles. The Morgan fingerprint density at radius 1 is 1.03 bits per heavy atom. The van der Waals surface area contributed by atoms with Crippen molar-refractivity contribution >= 4 is 40.0 Å². The van der Waals surface area contributed by atoms with Crippen LogP contribution in [-0.4, -0.2) is 27.6 Å². The number of rotatable bonds is 7. The number of carbonyl (C=O) groups excluding carboxylic acids is 1. The average molecular weight is 402 g/mol. The Bertz CT molecular complexity index is 1170. The molecule has 0 atom stereocenters. The van der Waals surface area contributed by atoms with Crippen LogP contribution in [0.2, 0.25) is 0 Å². The van der Waals surface area contributed by atoms with Gasteiger partial charge in [0, 0.05) is 35.1 Å². The zero-order valence-corrected chi connectivity index (χ0v) is 16.8. The quantitative estimate of drug-likeness (QED) is 0.424. The van der Waals surface area contributed by atoms with Crippen molar-refractivity contribution in [2.24, 2.45) is 0 Å². The van der Waals surface area contributed by atoms with Gasteiger partial charge < -0.3 is 20.5 Å². The lowest BCUT2D eigenvalue weighted by Crippen LogP contribution is -2.14. The fraction of sp³-hybridized carbons (Fsp3) is 0.182. The molecule has 0 unspecified atom stereocenters. The van der Waals surface area contributed by atoms with E-state index in [0.717, 1.165) is 23.3 Å². The molecule has 3 N–H and O–H groups in total. The van der Waals surface area contributed by atoms with Gasteiger partial charge in [-0.05, 0) is 50.2 Å². The van der Waals surface area contributed by atoms with Crippen LogP contribution in [0.3, 0.4) is 0 Å². The topological polar surface area (TPSA) is 105 Å². The smallest absolute Gasteiger partial charge is 0.230 e. The second kappa shape index (κ2) is 8.60. The molecule has 0 bridgehead atoms. The van der Waals surface area contributed by atoms with Gasteiger partial charge in [-0.15, -0.1) is 0 Å². The van der Waals surface area contributed by atoms with E-state index in [0.29, 0.717) is 28.7 Å². The predicted molar refractivity (Wildman–Crippen MR) is 117 cm³/mol. The molecule has 0 saturated carbocycles. The maximum atomic E-state index is 12.4. The molecule has 8 heteroatoms. The molecular weight excluding hydrogens is 380 g/mol. The number of anilines is 4. The first-order chi connectivity index (χ1) is 14.6. The van der Waals surface area contributed by atoms with Gasteiger partial charge in [-0.3, -0.25) is 4.79 Å². The summed E-state index contributed by atoms with van der Waals surface area (Å²) < 4.78 is 5.25. The number of aromatic nitrogens is 3. The Morgan fingerprint density at radius 3 is 2.60 bits per heavy atom. The number of amides is 1. The van der Waals surface area contributed by atoms with Gasteiger partial charge >= 0.3 is 0 Å². The molecule has 4 rings (SSSR count). The molecule has 0 aliphatic carbocycles. The molecule has 0 spiro atoms. The normalized spacial score (nSPS) is 10.7. The van der Waals surface area contributed by atoms with E-state index in [9.17, 15) is 4.79 Å². The maximum Gasteiger partial charge on any atom is 0.230 e. The van der Waals surface area contributed by atoms with Gasteiger partial charge in [0.25, 0.3) is 0 Å². The van der Waals surface area contributed by atoms with E-state index >= 15 is 0 Å². The predicted octanol–water partition coefficient (Wildman–Crippen LogP) is 4.28. The van der Waals surface area contributed by atoms with Crippen molar-refractivity contribution in [1.82, 2.24) is 15.1 Å². The number of fused-ring (bicyclic) bond motifs is 1. The number of hydrogen-bond acceptors (Lipinski definition) is 7. The highest BCUT2D eigenvalue weighted by Crippen LogP contribution is 2.21. The molecule has 0 radical (unpaired) electrons. The molecule has 0 fully saturated rings. The summed E-state index contributed by atoms with van der Waals surface area (Å²) in [6, 6.07) is 16.8. The summed E-state index contributed by atoms with van der Waals surface area (Å²) in [6.07, 6.45) is 0.143. The average Bonchev–Trinajstić information content (AvgIpc) is 3.12. The molecule has 0 aliphatic rings. The van der Waals surface area contributed by atoms with Crippen LogP contribution in [-0.2, 0) is 11.2 Å². The lowest BCUT2D eigenvalue weighted by Gasteiger charge is -2.10. The molecule has 30 heavy (non-hydrogen) atoms. The van der Waals surface area contributed by atoms with Gasteiger partial charge in [0.2, 0.25) is 11.9 Å². The summed E-state index contributed by atoms with van der Waals surface area (Å²) in [7, 11) is 0. The number of aryl methyl sites for hydroxylation is 1. The molecule has 1 amide bonds. The highest BCUT2D eigenvalue weighted by atomic mass is 16.5. The summed E-state index contributed by atoms with van der Waals surface area (Å²) in [5.41, 5.74) is 3.72. The molecule has 0 aliphatic heterocycles. The van der Waals surface area contributed by atoms with E-state index in [1.807, 2.05) is 68.4 Å². The van der Waals surface area contributed by atoms with Gasteiger partial charge in [-0.1, -0.05) is 17.3 Å². The second-order valence-corrected chi connectivity index (χ2v) is 6.80. The van der Waals surface area contributed by atoms with Crippen LogP contribution in [0.5, 0.6) is 0 Å². The van der Waals surface area contributed by atoms with Gasteiger partial charge in [0.1, 0.15) is 11.5 Å². The Balaban J connectivity index is 1.39. The van der Waals surface area contributed by atoms with Crippen LogP contribution in [0.1, 0.15) is 18.3 Å². The molecule has 2 aromatic heterocycles. The Labute approximate surface area is 173 Å². The molecule has 4 aromatic rings. The van der Waals surface area contributed by atoms with Crippen molar-refractivity contribution in [3.05, 3.63) is 66.0 Å². The zero-order valence-electron chi connectivity index (χ0n) is 16.8. The SMILES string of the molecule is CCNc1nc(C)cc(Nc2ccc(NC(=O)Cc3noc4ccccc34)cc2)n1. The van der Waals surface area contributed by atoms with Crippen molar-refractivity contribution in [3.8, 4) is 0 Å². The fourth-order valence-electron chi connectivity index (χ4n) is 3.08. The van der Waals surface area contributed by atoms with E-state index < -0.39 is 0 Å². The second-order valence-electron chi connectivity index (χ2n) is 6.80. The van der Waals surface area contributed by atoms with Crippen molar-refractivity contribution in [2.45, 2.75) is 20.3 Å². The van der Waals surface area contributed by atoms with Gasteiger partial charge in [0.15, 0.2) is 5.58 Å². The number of benzene rings is 2. The zero-order chi connectivity index (χ0) is 20.9. The van der Waals surface area contributed by atoms with Crippen LogP contribution in [0.4, 0.5) is 23.1 Å². The highest BCUT2D eigenvalue weighted by molar-refractivity contribution is 5.94. The van der Waals surface area contributed by atoms with Gasteiger partial charge in [-0.25, -0.2) is 4.98 Å². The molecule has 0 saturated heterocycles. The van der Waals surface area contributed by atoms with E-state index in [1.54, 1.807) is 0 Å². The number of para-hydroxylation sites is 1. The third-order valence-electron chi connectivity index (χ3n) is 4.41. The van der Waals surface area contributed by atoms with Crippen molar-refractivity contribution in [3.63, 3.8) is 0 Å². The minimum atomic E-state index is -0.156. The summed E-state index contributed by atoms with van der Waals surface area (Å²) in [4.78, 5) is 21.2. The van der Waals surface area contributed by atoms with Crippen molar-refractivity contribution in [2.75, 3.05) is 22.5 Å². The van der Waals surface area contributed by atoms with Crippen molar-refractivity contribution < 1.29 is 9.32 Å². The number of nitrogens with one attached hydrogen (secondary N) is 3. The standard InChI is InChI=1S/C22H22N6O2/c1-3-23-22-24-14(2)12-20(27-22)25-15-8-10-16(11-9-15)26-21(29)13-18-17-6-4-5-7-19(17)30-28-18/h4-12H,3,13H2,1-2H3,(H,26,29)(H2,23,24,25,27). The van der Waals surface area contributed by atoms with Gasteiger partial charge in [0.05, 0.1) is 6.42 Å². The largest absolute Gasteiger partial charge is 0.356 e. The fourth-order valence-corrected chi connectivity index (χ4v) is 3.08. The van der Waals surface area contributed by atoms with Crippen LogP contribution >= 0.6 is 0 Å². The van der Waals surface area contributed by atoms with Crippen LogP contribution in [0, 0.1) is 6.92 Å². The van der Waals surface area contributed by atoms with Crippen LogP contribution in [0.15, 0.2) is 59.1 Å². The minimum absolute atomic E-state index is 0.143. The van der Waals surface area contributed by atoms with E-state index in [4.69, 9.17) is 4.52 Å². The molecule has 2 heterocycles. The number of carbonyl (C=O) groups is 1. The lowest BCUT2D eigenvalue weighted by molar-refractivity contribution is -0.115. The Kier molecular flexibility index (Phi) is 5.56. The first-order valence-corrected chi connectivity index (χ1v) is 9.70. The Hall–Kier alpha value is -3.94. The van der Waals surface area contributed by atoms with Crippen LogP contribution in [0.25, 0.3) is 11.0 Å². The maximum absolute atomic E-state index is 12.4.